The number of ether oxygens (including phenoxy) is 1. The second-order valence-corrected chi connectivity index (χ2v) is 4.05. The van der Waals surface area contributed by atoms with Gasteiger partial charge in [-0.05, 0) is 6.42 Å². The second kappa shape index (κ2) is 13.1. The van der Waals surface area contributed by atoms with E-state index in [9.17, 15) is 9.59 Å². The van der Waals surface area contributed by atoms with Gasteiger partial charge in [-0.1, -0.05) is 39.0 Å². The first-order valence-corrected chi connectivity index (χ1v) is 6.14. The van der Waals surface area contributed by atoms with Crippen LogP contribution in [0.4, 0.5) is 0 Å². The molecule has 108 valence electrons. The Labute approximate surface area is 125 Å². The Morgan fingerprint density at radius 3 is 2.22 bits per heavy atom. The molecule has 0 rings (SSSR count). The quantitative estimate of drug-likeness (QED) is 0.328. The average molecular weight is 369 g/mol. The van der Waals surface area contributed by atoms with Gasteiger partial charge in [0.05, 0.1) is 13.0 Å². The third-order valence-electron chi connectivity index (χ3n) is 2.41. The van der Waals surface area contributed by atoms with Crippen LogP contribution in [0.5, 0.6) is 0 Å². The van der Waals surface area contributed by atoms with Crippen molar-refractivity contribution >= 4 is 35.8 Å². The standard InChI is InChI=1S/C12H22O5.Sn.4H/c1-2-3-4-5-6-7-8-17-11(14)9-10(13)12(15)16;;;;;/h10,13H,2-9H2,1H3,(H,15,16);;;;;. The van der Waals surface area contributed by atoms with Crippen LogP contribution in [-0.4, -0.2) is 58.8 Å². The number of hydrogen-bond donors (Lipinski definition) is 2. The number of hydrogen-bond acceptors (Lipinski definition) is 4. The molecule has 0 aliphatic heterocycles. The molecule has 0 saturated heterocycles. The summed E-state index contributed by atoms with van der Waals surface area (Å²) in [5, 5.41) is 17.3. The van der Waals surface area contributed by atoms with Gasteiger partial charge in [-0.2, -0.15) is 0 Å². The number of rotatable bonds is 10. The third-order valence-corrected chi connectivity index (χ3v) is 2.41. The monoisotopic (exact) mass is 370 g/mol. The maximum atomic E-state index is 11.0. The van der Waals surface area contributed by atoms with Crippen LogP contribution in [0.3, 0.4) is 0 Å². The zero-order valence-corrected chi connectivity index (χ0v) is 10.4. The number of aliphatic carboxylic acids is 1. The van der Waals surface area contributed by atoms with E-state index in [2.05, 4.69) is 6.92 Å². The van der Waals surface area contributed by atoms with Crippen LogP contribution < -0.4 is 0 Å². The minimum atomic E-state index is -1.66. The fraction of sp³-hybridized carbons (Fsp3) is 0.833. The summed E-state index contributed by atoms with van der Waals surface area (Å²) in [5.41, 5.74) is 0. The molecule has 0 aromatic carbocycles. The number of esters is 1. The Morgan fingerprint density at radius 2 is 1.67 bits per heavy atom. The van der Waals surface area contributed by atoms with Gasteiger partial charge in [-0.15, -0.1) is 0 Å². The normalized spacial score (nSPS) is 11.4. The maximum absolute atomic E-state index is 11.0. The molecular formula is C12H26O5Sn. The third kappa shape index (κ3) is 12.2. The fourth-order valence-electron chi connectivity index (χ4n) is 1.37. The molecule has 0 radical (unpaired) electrons. The van der Waals surface area contributed by atoms with Crippen LogP contribution in [0.1, 0.15) is 51.9 Å². The fourth-order valence-corrected chi connectivity index (χ4v) is 1.37. The molecule has 0 aliphatic rings. The molecule has 2 N–H and O–H groups in total. The van der Waals surface area contributed by atoms with E-state index in [0.717, 1.165) is 19.3 Å². The molecule has 0 aromatic heterocycles. The summed E-state index contributed by atoms with van der Waals surface area (Å²) in [5.74, 6) is -2.06. The topological polar surface area (TPSA) is 83.8 Å². The molecule has 0 aliphatic carbocycles. The van der Waals surface area contributed by atoms with Crippen molar-refractivity contribution in [3.05, 3.63) is 0 Å². The molecule has 6 heteroatoms. The molecule has 1 atom stereocenters. The van der Waals surface area contributed by atoms with Gasteiger partial charge in [0, 0.05) is 0 Å². The van der Waals surface area contributed by atoms with Crippen molar-refractivity contribution in [2.45, 2.75) is 58.0 Å². The van der Waals surface area contributed by atoms with Crippen LogP contribution in [0.25, 0.3) is 0 Å². The Balaban J connectivity index is 0. The van der Waals surface area contributed by atoms with Crippen molar-refractivity contribution in [2.75, 3.05) is 6.61 Å². The first-order chi connectivity index (χ1) is 8.07. The zero-order valence-electron chi connectivity index (χ0n) is 10.4. The number of unbranched alkanes of at least 4 members (excludes halogenated alkanes) is 5. The molecule has 0 aromatic rings. The van der Waals surface area contributed by atoms with E-state index in [1.807, 2.05) is 0 Å². The van der Waals surface area contributed by atoms with E-state index in [1.54, 1.807) is 0 Å². The average Bonchev–Trinajstić information content (AvgIpc) is 2.27. The van der Waals surface area contributed by atoms with Crippen molar-refractivity contribution in [3.63, 3.8) is 0 Å². The molecule has 0 bridgehead atoms. The predicted octanol–water partition coefficient (Wildman–Crippen LogP) is 0.274. The number of carbonyl (C=O) groups excluding carboxylic acids is 1. The van der Waals surface area contributed by atoms with E-state index in [4.69, 9.17) is 14.9 Å². The van der Waals surface area contributed by atoms with E-state index in [0.29, 0.717) is 6.61 Å². The first-order valence-electron chi connectivity index (χ1n) is 6.14. The number of carbonyl (C=O) groups is 2. The van der Waals surface area contributed by atoms with E-state index >= 15 is 0 Å². The van der Waals surface area contributed by atoms with Gasteiger partial charge in [0.25, 0.3) is 0 Å². The summed E-state index contributed by atoms with van der Waals surface area (Å²) in [7, 11) is 0. The van der Waals surface area contributed by atoms with Crippen LogP contribution in [0, 0.1) is 0 Å². The summed E-state index contributed by atoms with van der Waals surface area (Å²) in [6, 6.07) is 0. The Hall–Kier alpha value is -0.301. The van der Waals surface area contributed by atoms with E-state index < -0.39 is 24.5 Å². The summed E-state index contributed by atoms with van der Waals surface area (Å²) in [4.78, 5) is 21.3. The van der Waals surface area contributed by atoms with Crippen molar-refractivity contribution in [1.29, 1.82) is 0 Å². The van der Waals surface area contributed by atoms with Crippen LogP contribution >= 0.6 is 0 Å². The second-order valence-electron chi connectivity index (χ2n) is 4.05. The van der Waals surface area contributed by atoms with Gasteiger partial charge in [-0.25, -0.2) is 4.79 Å². The number of aliphatic hydroxyl groups excluding tert-OH is 1. The molecule has 0 spiro atoms. The molecular weight excluding hydrogens is 343 g/mol. The van der Waals surface area contributed by atoms with E-state index in [1.165, 1.54) is 19.3 Å². The number of carboxylic acids is 1. The summed E-state index contributed by atoms with van der Waals surface area (Å²) < 4.78 is 4.81. The molecule has 0 amide bonds. The molecule has 0 fully saturated rings. The minimum absolute atomic E-state index is 0. The van der Waals surface area contributed by atoms with Gasteiger partial charge < -0.3 is 14.9 Å². The van der Waals surface area contributed by atoms with Crippen molar-refractivity contribution in [1.82, 2.24) is 0 Å². The molecule has 1 unspecified atom stereocenters. The molecule has 0 saturated carbocycles. The number of carboxylic acid groups (broad SMARTS) is 1. The van der Waals surface area contributed by atoms with Gasteiger partial charge in [0.1, 0.15) is 0 Å². The number of aliphatic hydroxyl groups is 1. The Kier molecular flexibility index (Phi) is 14.6. The summed E-state index contributed by atoms with van der Waals surface area (Å²) in [6.07, 6.45) is 4.41. The molecule has 0 heterocycles. The summed E-state index contributed by atoms with van der Waals surface area (Å²) in [6.45, 7) is 2.45. The SMILES string of the molecule is CCCCCCCCOC(=O)CC(O)C(=O)O.[SnH4]. The van der Waals surface area contributed by atoms with Crippen molar-refractivity contribution in [2.24, 2.45) is 0 Å². The van der Waals surface area contributed by atoms with Crippen LogP contribution in [-0.2, 0) is 14.3 Å². The van der Waals surface area contributed by atoms with Gasteiger partial charge >= 0.3 is 35.8 Å². The molecule has 18 heavy (non-hydrogen) atoms. The van der Waals surface area contributed by atoms with Crippen LogP contribution in [0.15, 0.2) is 0 Å². The predicted molar refractivity (Wildman–Crippen MR) is 73.9 cm³/mol. The van der Waals surface area contributed by atoms with Gasteiger partial charge in [-0.3, -0.25) is 4.79 Å². The zero-order chi connectivity index (χ0) is 13.1. The van der Waals surface area contributed by atoms with E-state index in [-0.39, 0.29) is 23.9 Å². The molecule has 5 nitrogen and oxygen atoms in total. The first kappa shape index (κ1) is 20.0. The Bertz CT molecular complexity index is 233. The van der Waals surface area contributed by atoms with Crippen LogP contribution in [0.2, 0.25) is 0 Å². The van der Waals surface area contributed by atoms with Crippen molar-refractivity contribution in [3.8, 4) is 0 Å². The summed E-state index contributed by atoms with van der Waals surface area (Å²) >= 11 is 0. The van der Waals surface area contributed by atoms with Gasteiger partial charge in [0.15, 0.2) is 6.10 Å². The van der Waals surface area contributed by atoms with Crippen molar-refractivity contribution < 1.29 is 24.5 Å². The van der Waals surface area contributed by atoms with Gasteiger partial charge in [0.2, 0.25) is 0 Å². The Morgan fingerprint density at radius 1 is 1.11 bits per heavy atom.